The van der Waals surface area contributed by atoms with Crippen molar-refractivity contribution in [3.63, 3.8) is 0 Å². The molecular formula is C54H60ClF2N3OS3. The Morgan fingerprint density at radius 1 is 0.453 bits per heavy atom. The van der Waals surface area contributed by atoms with Crippen LogP contribution in [0.5, 0.6) is 5.75 Å². The fourth-order valence-electron chi connectivity index (χ4n) is 8.48. The van der Waals surface area contributed by atoms with E-state index in [1.807, 2.05) is 72.4 Å². The first-order chi connectivity index (χ1) is 31.2. The molecule has 0 saturated carbocycles. The van der Waals surface area contributed by atoms with Crippen molar-refractivity contribution in [2.75, 3.05) is 46.4 Å². The molecule has 3 aliphatic heterocycles. The van der Waals surface area contributed by atoms with Crippen LogP contribution in [-0.2, 0) is 0 Å². The van der Waals surface area contributed by atoms with Crippen molar-refractivity contribution in [2.24, 2.45) is 0 Å². The average molecular weight is 937 g/mol. The number of nitrogens with one attached hydrogen (secondary N) is 3. The zero-order valence-corrected chi connectivity index (χ0v) is 40.3. The quantitative estimate of drug-likeness (QED) is 0.126. The van der Waals surface area contributed by atoms with Crippen molar-refractivity contribution in [1.29, 1.82) is 0 Å². The number of ether oxygens (including phenoxy) is 1. The summed E-state index contributed by atoms with van der Waals surface area (Å²) >= 11 is 11.1. The molecule has 6 aromatic rings. The van der Waals surface area contributed by atoms with E-state index in [1.165, 1.54) is 44.9 Å². The van der Waals surface area contributed by atoms with Gasteiger partial charge in [-0.15, -0.1) is 0 Å². The highest BCUT2D eigenvalue weighted by Gasteiger charge is 2.22. The molecule has 0 aliphatic carbocycles. The summed E-state index contributed by atoms with van der Waals surface area (Å²) in [4.78, 5) is 6.99. The fraction of sp³-hybridized carbons (Fsp3) is 0.333. The zero-order chi connectivity index (χ0) is 44.7. The molecule has 0 atom stereocenters. The van der Waals surface area contributed by atoms with E-state index < -0.39 is 0 Å². The maximum absolute atomic E-state index is 13.7. The van der Waals surface area contributed by atoms with Crippen molar-refractivity contribution in [3.05, 3.63) is 172 Å². The Hall–Kier alpha value is -3.80. The lowest BCUT2D eigenvalue weighted by Crippen LogP contribution is -2.26. The molecule has 0 unspecified atom stereocenters. The smallest absolute Gasteiger partial charge is 0.124 e. The molecule has 0 amide bonds. The lowest BCUT2D eigenvalue weighted by atomic mass is 9.89. The highest BCUT2D eigenvalue weighted by molar-refractivity contribution is 8.00. The van der Waals surface area contributed by atoms with Crippen molar-refractivity contribution < 1.29 is 13.5 Å². The SMILES string of the molecule is COc1ccc(Sc2cc(F)ccc2C2CCNCC2)cc1.Cc1ccc(Sc2ccc(C)cc2C2CCNCC2)cc1.Fc1ccc(C2CCNCC2)c(Sc2ccc(Cl)cc2)c1. The van der Waals surface area contributed by atoms with Crippen LogP contribution >= 0.6 is 46.9 Å². The largest absolute Gasteiger partial charge is 0.497 e. The first kappa shape index (κ1) is 48.1. The maximum atomic E-state index is 13.7. The molecule has 3 fully saturated rings. The zero-order valence-electron chi connectivity index (χ0n) is 37.1. The first-order valence-corrected chi connectivity index (χ1v) is 25.3. The first-order valence-electron chi connectivity index (χ1n) is 22.5. The minimum atomic E-state index is -0.177. The van der Waals surface area contributed by atoms with Gasteiger partial charge in [-0.2, -0.15) is 0 Å². The monoisotopic (exact) mass is 935 g/mol. The number of piperidine rings is 3. The predicted octanol–water partition coefficient (Wildman–Crippen LogP) is 14.5. The van der Waals surface area contributed by atoms with Crippen LogP contribution in [0.25, 0.3) is 0 Å². The molecule has 3 heterocycles. The van der Waals surface area contributed by atoms with E-state index in [0.717, 1.165) is 95.3 Å². The van der Waals surface area contributed by atoms with Gasteiger partial charge in [0, 0.05) is 34.4 Å². The summed E-state index contributed by atoms with van der Waals surface area (Å²) < 4.78 is 32.5. The third kappa shape index (κ3) is 14.3. The summed E-state index contributed by atoms with van der Waals surface area (Å²) in [7, 11) is 1.66. The van der Waals surface area contributed by atoms with Gasteiger partial charge in [0.25, 0.3) is 0 Å². The maximum Gasteiger partial charge on any atom is 0.124 e. The Labute approximate surface area is 397 Å². The molecule has 6 aromatic carbocycles. The van der Waals surface area contributed by atoms with Gasteiger partial charge in [0.05, 0.1) is 7.11 Å². The Balaban J connectivity index is 0.000000144. The standard InChI is InChI=1S/C19H23NS.C18H20FNOS.C17H17ClFNS/c1-14-3-6-17(7-4-14)21-19-8-5-15(2)13-18(19)16-9-11-20-12-10-16;1-21-15-3-5-16(6-4-15)22-18-12-14(19)2-7-17(18)13-8-10-20-11-9-13;18-13-1-4-15(5-2-13)21-17-11-14(19)3-6-16(17)12-7-9-20-10-8-12/h3-8,13,16,20H,9-12H2,1-2H3;2-7,12-13,20H,8-11H2,1H3;1-6,11-12,20H,7-10H2. The number of benzene rings is 6. The summed E-state index contributed by atoms with van der Waals surface area (Å²) in [5.41, 5.74) is 6.77. The Kier molecular flexibility index (Phi) is 18.5. The van der Waals surface area contributed by atoms with Crippen LogP contribution in [0.15, 0.2) is 157 Å². The highest BCUT2D eigenvalue weighted by atomic mass is 35.5. The summed E-state index contributed by atoms with van der Waals surface area (Å²) in [5.74, 6) is 2.23. The van der Waals surface area contributed by atoms with E-state index in [0.29, 0.717) is 17.8 Å². The van der Waals surface area contributed by atoms with E-state index in [-0.39, 0.29) is 11.6 Å². The minimum Gasteiger partial charge on any atom is -0.497 e. The predicted molar refractivity (Wildman–Crippen MR) is 267 cm³/mol. The molecule has 0 radical (unpaired) electrons. The number of hydrogen-bond donors (Lipinski definition) is 3. The Bertz CT molecular complexity index is 2360. The van der Waals surface area contributed by atoms with Gasteiger partial charge in [-0.05, 0) is 217 Å². The van der Waals surface area contributed by atoms with Gasteiger partial charge in [0.1, 0.15) is 17.4 Å². The number of rotatable bonds is 10. The third-order valence-electron chi connectivity index (χ3n) is 12.0. The summed E-state index contributed by atoms with van der Waals surface area (Å²) in [6.07, 6.45) is 6.96. The summed E-state index contributed by atoms with van der Waals surface area (Å²) in [5, 5.41) is 10.9. The van der Waals surface area contributed by atoms with E-state index in [1.54, 1.807) is 60.5 Å². The van der Waals surface area contributed by atoms with Gasteiger partial charge in [-0.3, -0.25) is 0 Å². The molecule has 9 rings (SSSR count). The molecule has 3 aliphatic rings. The number of aryl methyl sites for hydroxylation is 2. The average Bonchev–Trinajstić information content (AvgIpc) is 3.33. The van der Waals surface area contributed by atoms with E-state index in [9.17, 15) is 8.78 Å². The van der Waals surface area contributed by atoms with Crippen molar-refractivity contribution >= 4 is 46.9 Å². The van der Waals surface area contributed by atoms with Crippen LogP contribution in [-0.4, -0.2) is 46.4 Å². The van der Waals surface area contributed by atoms with Crippen molar-refractivity contribution in [2.45, 2.75) is 99.5 Å². The van der Waals surface area contributed by atoms with Gasteiger partial charge in [0.15, 0.2) is 0 Å². The van der Waals surface area contributed by atoms with E-state index in [4.69, 9.17) is 16.3 Å². The van der Waals surface area contributed by atoms with E-state index >= 15 is 0 Å². The number of methoxy groups -OCH3 is 1. The summed E-state index contributed by atoms with van der Waals surface area (Å²) in [6.45, 7) is 10.8. The van der Waals surface area contributed by atoms with Crippen LogP contribution in [0.2, 0.25) is 5.02 Å². The Morgan fingerprint density at radius 2 is 0.844 bits per heavy atom. The number of hydrogen-bond acceptors (Lipinski definition) is 7. The molecule has 64 heavy (non-hydrogen) atoms. The second kappa shape index (κ2) is 24.6. The lowest BCUT2D eigenvalue weighted by Gasteiger charge is -2.25. The van der Waals surface area contributed by atoms with Crippen LogP contribution < -0.4 is 20.7 Å². The second-order valence-corrected chi connectivity index (χ2v) is 20.5. The van der Waals surface area contributed by atoms with E-state index in [2.05, 4.69) is 72.3 Å². The Morgan fingerprint density at radius 3 is 1.30 bits per heavy atom. The molecule has 0 spiro atoms. The number of halogens is 3. The molecule has 0 bridgehead atoms. The van der Waals surface area contributed by atoms with Gasteiger partial charge >= 0.3 is 0 Å². The highest BCUT2D eigenvalue weighted by Crippen LogP contribution is 2.41. The normalized spacial score (nSPS) is 16.0. The fourth-order valence-corrected chi connectivity index (χ4v) is 11.7. The minimum absolute atomic E-state index is 0.173. The van der Waals surface area contributed by atoms with Gasteiger partial charge in [-0.25, -0.2) is 8.78 Å². The van der Waals surface area contributed by atoms with Crippen LogP contribution in [0.4, 0.5) is 8.78 Å². The van der Waals surface area contributed by atoms with Crippen molar-refractivity contribution in [1.82, 2.24) is 16.0 Å². The molecule has 10 heteroatoms. The molecule has 3 saturated heterocycles. The molecule has 4 nitrogen and oxygen atoms in total. The molecule has 3 N–H and O–H groups in total. The third-order valence-corrected chi connectivity index (χ3v) is 15.5. The van der Waals surface area contributed by atoms with Gasteiger partial charge < -0.3 is 20.7 Å². The topological polar surface area (TPSA) is 45.3 Å². The molecular weight excluding hydrogens is 876 g/mol. The van der Waals surface area contributed by atoms with Crippen LogP contribution in [0.1, 0.15) is 84.1 Å². The van der Waals surface area contributed by atoms with Crippen LogP contribution in [0, 0.1) is 25.5 Å². The second-order valence-electron chi connectivity index (χ2n) is 16.7. The van der Waals surface area contributed by atoms with Crippen LogP contribution in [0.3, 0.4) is 0 Å². The molecule has 336 valence electrons. The lowest BCUT2D eigenvalue weighted by molar-refractivity contribution is 0.414. The van der Waals surface area contributed by atoms with Gasteiger partial charge in [-0.1, -0.05) is 94.4 Å². The van der Waals surface area contributed by atoms with Gasteiger partial charge in [0.2, 0.25) is 0 Å². The molecule has 0 aromatic heterocycles. The van der Waals surface area contributed by atoms with Crippen molar-refractivity contribution in [3.8, 4) is 5.75 Å². The summed E-state index contributed by atoms with van der Waals surface area (Å²) in [6, 6.07) is 41.7.